The van der Waals surface area contributed by atoms with Gasteiger partial charge in [-0.3, -0.25) is 9.59 Å². The van der Waals surface area contributed by atoms with E-state index in [1.165, 1.54) is 4.68 Å². The van der Waals surface area contributed by atoms with Gasteiger partial charge in [-0.25, -0.2) is 4.68 Å². The van der Waals surface area contributed by atoms with Crippen molar-refractivity contribution in [2.75, 3.05) is 25.5 Å². The van der Waals surface area contributed by atoms with Gasteiger partial charge in [-0.05, 0) is 43.0 Å². The molecule has 126 valence electrons. The molecule has 1 N–H and O–H groups in total. The second-order valence-electron chi connectivity index (χ2n) is 6.23. The van der Waals surface area contributed by atoms with Crippen LogP contribution in [0, 0.1) is 0 Å². The molecule has 0 spiro atoms. The Morgan fingerprint density at radius 3 is 2.92 bits per heavy atom. The number of hydrogen-bond acceptors (Lipinski definition) is 4. The summed E-state index contributed by atoms with van der Waals surface area (Å²) in [6.45, 7) is 0.752. The van der Waals surface area contributed by atoms with E-state index in [9.17, 15) is 9.59 Å². The monoisotopic (exact) mass is 326 g/mol. The minimum atomic E-state index is -0.145. The highest BCUT2D eigenvalue weighted by Gasteiger charge is 2.14. The molecule has 1 amide bonds. The van der Waals surface area contributed by atoms with E-state index in [4.69, 9.17) is 0 Å². The maximum Gasteiger partial charge on any atom is 0.267 e. The van der Waals surface area contributed by atoms with Crippen LogP contribution in [0.5, 0.6) is 0 Å². The molecule has 6 nitrogen and oxygen atoms in total. The first-order chi connectivity index (χ1) is 11.5. The lowest BCUT2D eigenvalue weighted by Gasteiger charge is -2.13. The molecule has 0 fully saturated rings. The van der Waals surface area contributed by atoms with Crippen LogP contribution in [0.2, 0.25) is 0 Å². The molecular formula is C18H22N4O2. The molecule has 1 aliphatic carbocycles. The number of benzene rings is 1. The lowest BCUT2D eigenvalue weighted by Crippen LogP contribution is -2.32. The van der Waals surface area contributed by atoms with Crippen LogP contribution < -0.4 is 15.8 Å². The molecule has 1 aliphatic rings. The SMILES string of the molecule is CN(C)c1cccc(C(=O)NCCn2nc3c(cc2=O)CCC3)c1. The Morgan fingerprint density at radius 1 is 1.29 bits per heavy atom. The van der Waals surface area contributed by atoms with E-state index < -0.39 is 0 Å². The van der Waals surface area contributed by atoms with E-state index in [2.05, 4.69) is 10.4 Å². The zero-order valence-electron chi connectivity index (χ0n) is 14.1. The summed E-state index contributed by atoms with van der Waals surface area (Å²) in [4.78, 5) is 26.2. The average Bonchev–Trinajstić information content (AvgIpc) is 3.02. The van der Waals surface area contributed by atoms with Crippen molar-refractivity contribution in [3.05, 3.63) is 57.5 Å². The highest BCUT2D eigenvalue weighted by molar-refractivity contribution is 5.95. The Bertz CT molecular complexity index is 811. The Morgan fingerprint density at radius 2 is 2.12 bits per heavy atom. The number of amides is 1. The van der Waals surface area contributed by atoms with Gasteiger partial charge in [0.25, 0.3) is 11.5 Å². The number of nitrogens with one attached hydrogen (secondary N) is 1. The number of anilines is 1. The number of carbonyl (C=O) groups is 1. The Labute approximate surface area is 141 Å². The quantitative estimate of drug-likeness (QED) is 0.897. The minimum Gasteiger partial charge on any atom is -0.378 e. The lowest BCUT2D eigenvalue weighted by molar-refractivity contribution is 0.0951. The fourth-order valence-corrected chi connectivity index (χ4v) is 2.90. The van der Waals surface area contributed by atoms with Crippen LogP contribution in [-0.2, 0) is 19.4 Å². The average molecular weight is 326 g/mol. The summed E-state index contributed by atoms with van der Waals surface area (Å²) in [6.07, 6.45) is 2.93. The van der Waals surface area contributed by atoms with Crippen molar-refractivity contribution in [2.24, 2.45) is 0 Å². The van der Waals surface area contributed by atoms with Gasteiger partial charge in [0.05, 0.1) is 12.2 Å². The second kappa shape index (κ2) is 6.86. The fourth-order valence-electron chi connectivity index (χ4n) is 2.90. The number of aryl methyl sites for hydroxylation is 2. The number of aromatic nitrogens is 2. The highest BCUT2D eigenvalue weighted by atomic mass is 16.2. The van der Waals surface area contributed by atoms with E-state index in [-0.39, 0.29) is 11.5 Å². The van der Waals surface area contributed by atoms with Gasteiger partial charge in [-0.2, -0.15) is 5.10 Å². The molecule has 1 heterocycles. The van der Waals surface area contributed by atoms with E-state index in [0.717, 1.165) is 36.2 Å². The molecule has 0 unspecified atom stereocenters. The molecule has 3 rings (SSSR count). The standard InChI is InChI=1S/C18H22N4O2/c1-21(2)15-7-3-6-14(11-15)18(24)19-9-10-22-17(23)12-13-5-4-8-16(13)20-22/h3,6-7,11-12H,4-5,8-10H2,1-2H3,(H,19,24). The van der Waals surface area contributed by atoms with Gasteiger partial charge >= 0.3 is 0 Å². The van der Waals surface area contributed by atoms with Crippen LogP contribution in [0.25, 0.3) is 0 Å². The van der Waals surface area contributed by atoms with Crippen molar-refractivity contribution >= 4 is 11.6 Å². The molecule has 0 atom stereocenters. The van der Waals surface area contributed by atoms with Crippen LogP contribution in [0.15, 0.2) is 35.1 Å². The van der Waals surface area contributed by atoms with Crippen LogP contribution >= 0.6 is 0 Å². The first-order valence-corrected chi connectivity index (χ1v) is 8.20. The first kappa shape index (κ1) is 16.2. The lowest BCUT2D eigenvalue weighted by atomic mass is 10.2. The maximum atomic E-state index is 12.2. The third-order valence-corrected chi connectivity index (χ3v) is 4.26. The smallest absolute Gasteiger partial charge is 0.267 e. The normalized spacial score (nSPS) is 12.8. The summed E-state index contributed by atoms with van der Waals surface area (Å²) in [5, 5.41) is 7.26. The zero-order valence-corrected chi connectivity index (χ0v) is 14.1. The molecule has 6 heteroatoms. The molecule has 0 saturated heterocycles. The number of rotatable bonds is 5. The predicted molar refractivity (Wildman–Crippen MR) is 93.6 cm³/mol. The number of hydrogen-bond donors (Lipinski definition) is 1. The summed E-state index contributed by atoms with van der Waals surface area (Å²) < 4.78 is 1.45. The van der Waals surface area contributed by atoms with Crippen molar-refractivity contribution in [1.82, 2.24) is 15.1 Å². The van der Waals surface area contributed by atoms with Gasteiger partial charge in [0.1, 0.15) is 0 Å². The van der Waals surface area contributed by atoms with Gasteiger partial charge in [0.2, 0.25) is 0 Å². The highest BCUT2D eigenvalue weighted by Crippen LogP contribution is 2.17. The van der Waals surface area contributed by atoms with Gasteiger partial charge in [-0.15, -0.1) is 0 Å². The number of fused-ring (bicyclic) bond motifs is 1. The van der Waals surface area contributed by atoms with Crippen molar-refractivity contribution in [3.63, 3.8) is 0 Å². The molecule has 0 aliphatic heterocycles. The van der Waals surface area contributed by atoms with Crippen LogP contribution in [0.4, 0.5) is 5.69 Å². The fraction of sp³-hybridized carbons (Fsp3) is 0.389. The molecule has 24 heavy (non-hydrogen) atoms. The zero-order chi connectivity index (χ0) is 17.1. The third kappa shape index (κ3) is 3.48. The summed E-state index contributed by atoms with van der Waals surface area (Å²) in [7, 11) is 3.87. The van der Waals surface area contributed by atoms with Crippen molar-refractivity contribution in [3.8, 4) is 0 Å². The van der Waals surface area contributed by atoms with Gasteiger partial charge in [0, 0.05) is 38.0 Å². The van der Waals surface area contributed by atoms with Gasteiger partial charge in [0.15, 0.2) is 0 Å². The van der Waals surface area contributed by atoms with Crippen LogP contribution in [0.3, 0.4) is 0 Å². The van der Waals surface area contributed by atoms with Crippen molar-refractivity contribution in [2.45, 2.75) is 25.8 Å². The largest absolute Gasteiger partial charge is 0.378 e. The van der Waals surface area contributed by atoms with Crippen LogP contribution in [-0.4, -0.2) is 36.3 Å². The molecule has 0 saturated carbocycles. The number of nitrogens with zero attached hydrogens (tertiary/aromatic N) is 3. The Hall–Kier alpha value is -2.63. The van der Waals surface area contributed by atoms with Crippen LogP contribution in [0.1, 0.15) is 28.0 Å². The van der Waals surface area contributed by atoms with E-state index in [1.54, 1.807) is 12.1 Å². The summed E-state index contributed by atoms with van der Waals surface area (Å²) in [6, 6.07) is 9.11. The topological polar surface area (TPSA) is 67.2 Å². The summed E-state index contributed by atoms with van der Waals surface area (Å²) >= 11 is 0. The van der Waals surface area contributed by atoms with E-state index >= 15 is 0 Å². The first-order valence-electron chi connectivity index (χ1n) is 8.20. The third-order valence-electron chi connectivity index (χ3n) is 4.26. The van der Waals surface area contributed by atoms with Gasteiger partial charge < -0.3 is 10.2 Å². The summed E-state index contributed by atoms with van der Waals surface area (Å²) in [5.74, 6) is -0.145. The minimum absolute atomic E-state index is 0.0977. The van der Waals surface area contributed by atoms with Gasteiger partial charge in [-0.1, -0.05) is 6.07 Å². The number of carbonyl (C=O) groups excluding carboxylic acids is 1. The van der Waals surface area contributed by atoms with E-state index in [0.29, 0.717) is 18.7 Å². The molecule has 1 aromatic heterocycles. The van der Waals surface area contributed by atoms with Crippen molar-refractivity contribution < 1.29 is 4.79 Å². The molecule has 2 aromatic rings. The molecule has 0 radical (unpaired) electrons. The summed E-state index contributed by atoms with van der Waals surface area (Å²) in [5.41, 5.74) is 3.56. The Balaban J connectivity index is 1.61. The Kier molecular flexibility index (Phi) is 4.64. The molecule has 0 bridgehead atoms. The van der Waals surface area contributed by atoms with Crippen molar-refractivity contribution in [1.29, 1.82) is 0 Å². The predicted octanol–water partition coefficient (Wildman–Crippen LogP) is 1.23. The second-order valence-corrected chi connectivity index (χ2v) is 6.23. The van der Waals surface area contributed by atoms with E-state index in [1.807, 2.05) is 37.2 Å². The molecule has 1 aromatic carbocycles. The molecular weight excluding hydrogens is 304 g/mol. The maximum absolute atomic E-state index is 12.2.